The van der Waals surface area contributed by atoms with E-state index >= 15 is 0 Å². The predicted molar refractivity (Wildman–Crippen MR) is 113 cm³/mol. The van der Waals surface area contributed by atoms with Crippen LogP contribution in [0.15, 0.2) is 4.99 Å². The van der Waals surface area contributed by atoms with Crippen molar-refractivity contribution in [2.75, 3.05) is 31.9 Å². The zero-order valence-electron chi connectivity index (χ0n) is 16.9. The Balaban J connectivity index is 1.86. The molecule has 1 aliphatic rings. The summed E-state index contributed by atoms with van der Waals surface area (Å²) in [7, 11) is -3.09. The van der Waals surface area contributed by atoms with Gasteiger partial charge < -0.3 is 10.6 Å². The van der Waals surface area contributed by atoms with Crippen LogP contribution in [0.4, 0.5) is 0 Å². The number of aromatic nitrogens is 1. The molecule has 0 atom stereocenters. The summed E-state index contributed by atoms with van der Waals surface area (Å²) in [4.78, 5) is 10.4. The highest BCUT2D eigenvalue weighted by Gasteiger charge is 2.27. The van der Waals surface area contributed by atoms with E-state index in [1.54, 1.807) is 15.6 Å². The lowest BCUT2D eigenvalue weighted by molar-refractivity contribution is 0.306. The van der Waals surface area contributed by atoms with Crippen molar-refractivity contribution >= 4 is 27.3 Å². The standard InChI is InChI=1S/C18H33N5O2S2/c1-5-13-27(24,25)23-11-8-16(9-12-23)22-18(19-6-2)20-10-7-17-14(3)21-15(4)26-17/h16H,5-13H2,1-4H3,(H2,19,20,22). The van der Waals surface area contributed by atoms with Crippen LogP contribution in [0.1, 0.15) is 48.7 Å². The van der Waals surface area contributed by atoms with Gasteiger partial charge in [0.2, 0.25) is 10.0 Å². The van der Waals surface area contributed by atoms with Crippen LogP contribution in [0.3, 0.4) is 0 Å². The molecule has 2 rings (SSSR count). The lowest BCUT2D eigenvalue weighted by Crippen LogP contribution is -2.50. The van der Waals surface area contributed by atoms with E-state index in [2.05, 4.69) is 15.6 Å². The summed E-state index contributed by atoms with van der Waals surface area (Å²) >= 11 is 1.74. The first-order valence-electron chi connectivity index (χ1n) is 9.81. The maximum absolute atomic E-state index is 12.2. The number of rotatable bonds is 8. The first-order valence-corrected chi connectivity index (χ1v) is 12.2. The van der Waals surface area contributed by atoms with E-state index in [9.17, 15) is 8.42 Å². The molecule has 2 heterocycles. The van der Waals surface area contributed by atoms with E-state index in [-0.39, 0.29) is 11.8 Å². The second-order valence-corrected chi connectivity index (χ2v) is 10.3. The minimum Gasteiger partial charge on any atom is -0.357 e. The lowest BCUT2D eigenvalue weighted by atomic mass is 10.1. The van der Waals surface area contributed by atoms with Crippen molar-refractivity contribution in [3.63, 3.8) is 0 Å². The summed E-state index contributed by atoms with van der Waals surface area (Å²) in [5.41, 5.74) is 1.10. The van der Waals surface area contributed by atoms with Crippen LogP contribution in [-0.2, 0) is 16.4 Å². The fraction of sp³-hybridized carbons (Fsp3) is 0.778. The van der Waals surface area contributed by atoms with Crippen LogP contribution in [-0.4, -0.2) is 61.6 Å². The predicted octanol–water partition coefficient (Wildman–Crippen LogP) is 2.06. The van der Waals surface area contributed by atoms with Gasteiger partial charge in [-0.1, -0.05) is 6.92 Å². The minimum atomic E-state index is -3.09. The zero-order chi connectivity index (χ0) is 19.9. The molecule has 1 saturated heterocycles. The molecule has 0 spiro atoms. The second kappa shape index (κ2) is 10.4. The molecule has 1 aromatic heterocycles. The summed E-state index contributed by atoms with van der Waals surface area (Å²) in [5, 5.41) is 7.86. The van der Waals surface area contributed by atoms with Gasteiger partial charge in [-0.05, 0) is 40.0 Å². The number of thiazole rings is 1. The molecule has 1 aromatic rings. The monoisotopic (exact) mass is 415 g/mol. The Morgan fingerprint density at radius 2 is 2.00 bits per heavy atom. The summed E-state index contributed by atoms with van der Waals surface area (Å²) in [6.45, 7) is 10.7. The normalized spacial score (nSPS) is 17.3. The first kappa shape index (κ1) is 22.1. The zero-order valence-corrected chi connectivity index (χ0v) is 18.5. The summed E-state index contributed by atoms with van der Waals surface area (Å²) < 4.78 is 26.0. The molecule has 1 aliphatic heterocycles. The third-order valence-corrected chi connectivity index (χ3v) is 7.81. The smallest absolute Gasteiger partial charge is 0.214 e. The Labute approximate surface area is 167 Å². The van der Waals surface area contributed by atoms with Crippen LogP contribution in [0.2, 0.25) is 0 Å². The quantitative estimate of drug-likeness (QED) is 0.501. The number of nitrogens with one attached hydrogen (secondary N) is 2. The highest BCUT2D eigenvalue weighted by molar-refractivity contribution is 7.89. The number of nitrogens with zero attached hydrogens (tertiary/aromatic N) is 3. The molecule has 0 saturated carbocycles. The van der Waals surface area contributed by atoms with Crippen molar-refractivity contribution in [2.24, 2.45) is 4.99 Å². The summed E-state index contributed by atoms with van der Waals surface area (Å²) in [5.74, 6) is 1.05. The largest absolute Gasteiger partial charge is 0.357 e. The average Bonchev–Trinajstić information content (AvgIpc) is 2.93. The van der Waals surface area contributed by atoms with Crippen LogP contribution in [0.5, 0.6) is 0 Å². The van der Waals surface area contributed by atoms with Crippen LogP contribution >= 0.6 is 11.3 Å². The Bertz CT molecular complexity index is 722. The number of sulfonamides is 1. The van der Waals surface area contributed by atoms with E-state index < -0.39 is 10.0 Å². The molecule has 154 valence electrons. The van der Waals surface area contributed by atoms with Gasteiger partial charge >= 0.3 is 0 Å². The number of guanidine groups is 1. The van der Waals surface area contributed by atoms with Crippen molar-refractivity contribution in [2.45, 2.75) is 59.4 Å². The average molecular weight is 416 g/mol. The number of hydrogen-bond donors (Lipinski definition) is 2. The van der Waals surface area contributed by atoms with Gasteiger partial charge in [-0.3, -0.25) is 4.99 Å². The number of piperidine rings is 1. The SMILES string of the molecule is CCCS(=O)(=O)N1CCC(NC(=NCCc2sc(C)nc2C)NCC)CC1. The molecule has 7 nitrogen and oxygen atoms in total. The second-order valence-electron chi connectivity index (χ2n) is 6.89. The van der Waals surface area contributed by atoms with Crippen molar-refractivity contribution < 1.29 is 8.42 Å². The van der Waals surface area contributed by atoms with E-state index in [0.717, 1.165) is 42.5 Å². The fourth-order valence-electron chi connectivity index (χ4n) is 3.25. The van der Waals surface area contributed by atoms with Crippen molar-refractivity contribution in [1.29, 1.82) is 0 Å². The number of aliphatic imine (C=N–C) groups is 1. The van der Waals surface area contributed by atoms with Gasteiger partial charge in [0.05, 0.1) is 16.5 Å². The van der Waals surface area contributed by atoms with Gasteiger partial charge in [-0.25, -0.2) is 17.7 Å². The number of hydrogen-bond acceptors (Lipinski definition) is 5. The molecular weight excluding hydrogens is 382 g/mol. The topological polar surface area (TPSA) is 86.7 Å². The molecule has 0 unspecified atom stereocenters. The van der Waals surface area contributed by atoms with Gasteiger partial charge in [0, 0.05) is 43.5 Å². The highest BCUT2D eigenvalue weighted by atomic mass is 32.2. The maximum Gasteiger partial charge on any atom is 0.214 e. The van der Waals surface area contributed by atoms with Crippen molar-refractivity contribution in [3.8, 4) is 0 Å². The third-order valence-electron chi connectivity index (χ3n) is 4.60. The molecule has 0 aliphatic carbocycles. The van der Waals surface area contributed by atoms with Crippen LogP contribution in [0.25, 0.3) is 0 Å². The molecule has 27 heavy (non-hydrogen) atoms. The van der Waals surface area contributed by atoms with Crippen LogP contribution < -0.4 is 10.6 Å². The van der Waals surface area contributed by atoms with Crippen molar-refractivity contribution in [3.05, 3.63) is 15.6 Å². The van der Waals surface area contributed by atoms with E-state index in [4.69, 9.17) is 4.99 Å². The molecular formula is C18H33N5O2S2. The molecule has 2 N–H and O–H groups in total. The van der Waals surface area contributed by atoms with Crippen molar-refractivity contribution in [1.82, 2.24) is 19.9 Å². The molecule has 0 amide bonds. The fourth-order valence-corrected chi connectivity index (χ4v) is 5.72. The van der Waals surface area contributed by atoms with E-state index in [1.165, 1.54) is 4.88 Å². The van der Waals surface area contributed by atoms with E-state index in [1.807, 2.05) is 27.7 Å². The molecule has 0 bridgehead atoms. The minimum absolute atomic E-state index is 0.242. The van der Waals surface area contributed by atoms with Gasteiger partial charge in [0.15, 0.2) is 5.96 Å². The Morgan fingerprint density at radius 1 is 1.30 bits per heavy atom. The van der Waals surface area contributed by atoms with Crippen LogP contribution in [0, 0.1) is 13.8 Å². The highest BCUT2D eigenvalue weighted by Crippen LogP contribution is 2.18. The molecule has 1 fully saturated rings. The Kier molecular flexibility index (Phi) is 8.50. The van der Waals surface area contributed by atoms with E-state index in [0.29, 0.717) is 26.1 Å². The Hall–Kier alpha value is -1.19. The van der Waals surface area contributed by atoms with Gasteiger partial charge in [0.25, 0.3) is 0 Å². The first-order chi connectivity index (χ1) is 12.9. The Morgan fingerprint density at radius 3 is 2.56 bits per heavy atom. The van der Waals surface area contributed by atoms with Gasteiger partial charge in [-0.2, -0.15) is 0 Å². The molecule has 0 aromatic carbocycles. The maximum atomic E-state index is 12.2. The van der Waals surface area contributed by atoms with Gasteiger partial charge in [0.1, 0.15) is 0 Å². The lowest BCUT2D eigenvalue weighted by Gasteiger charge is -2.32. The molecule has 0 radical (unpaired) electrons. The van der Waals surface area contributed by atoms with Gasteiger partial charge in [-0.15, -0.1) is 11.3 Å². The summed E-state index contributed by atoms with van der Waals surface area (Å²) in [6, 6.07) is 0.253. The molecule has 9 heteroatoms. The third kappa shape index (κ3) is 6.73. The number of aryl methyl sites for hydroxylation is 2. The summed E-state index contributed by atoms with van der Waals surface area (Å²) in [6.07, 6.45) is 3.17.